The molecule has 13 nitrogen and oxygen atoms in total. The second-order valence-corrected chi connectivity index (χ2v) is 18.9. The topological polar surface area (TPSA) is 186 Å². The van der Waals surface area contributed by atoms with Crippen LogP contribution in [0.15, 0.2) is 60.8 Å². The van der Waals surface area contributed by atoms with Gasteiger partial charge in [0.2, 0.25) is 0 Å². The quantitative estimate of drug-likeness (QED) is 0.0153. The molecule has 1 aliphatic rings. The number of nitrogens with zero attached hydrogens (tertiary/aromatic N) is 1. The minimum atomic E-state index is -4.49. The molecule has 14 heteroatoms. The molecule has 1 saturated carbocycles. The van der Waals surface area contributed by atoms with Gasteiger partial charge in [0.05, 0.1) is 46.1 Å². The molecular weight excluding hydrogens is 813 g/mol. The Morgan fingerprint density at radius 2 is 1.31 bits per heavy atom. The number of aliphatic hydroxyl groups is 3. The summed E-state index contributed by atoms with van der Waals surface area (Å²) in [4.78, 5) is 48.5. The maximum Gasteiger partial charge on any atom is 0.472 e. The Balaban J connectivity index is 2.55. The molecule has 0 aromatic rings. The van der Waals surface area contributed by atoms with Crippen molar-refractivity contribution in [3.05, 3.63) is 60.8 Å². The first-order valence-electron chi connectivity index (χ1n) is 23.2. The molecule has 0 spiro atoms. The van der Waals surface area contributed by atoms with Crippen LogP contribution in [0, 0.1) is 11.8 Å². The van der Waals surface area contributed by atoms with Gasteiger partial charge in [-0.25, -0.2) is 4.57 Å². The summed E-state index contributed by atoms with van der Waals surface area (Å²) in [6.45, 7) is 3.78. The van der Waals surface area contributed by atoms with Crippen molar-refractivity contribution >= 4 is 25.5 Å². The molecule has 0 saturated heterocycles. The van der Waals surface area contributed by atoms with Gasteiger partial charge in [-0.2, -0.15) is 0 Å². The zero-order valence-corrected chi connectivity index (χ0v) is 39.6. The second kappa shape index (κ2) is 34.6. The van der Waals surface area contributed by atoms with Crippen LogP contribution >= 0.6 is 7.82 Å². The maximum atomic E-state index is 12.9. The molecular formula is C48H83NO12P+. The molecule has 356 valence electrons. The molecule has 1 rings (SSSR count). The Kier molecular flexibility index (Phi) is 32.0. The van der Waals surface area contributed by atoms with Crippen LogP contribution < -0.4 is 0 Å². The van der Waals surface area contributed by atoms with Gasteiger partial charge in [-0.1, -0.05) is 107 Å². The third kappa shape index (κ3) is 31.2. The highest BCUT2D eigenvalue weighted by Crippen LogP contribution is 2.43. The number of allylic oxidation sites excluding steroid dienone is 8. The summed E-state index contributed by atoms with van der Waals surface area (Å²) in [6, 6.07) is 0. The average molecular weight is 897 g/mol. The minimum absolute atomic E-state index is 0.0113. The highest BCUT2D eigenvalue weighted by atomic mass is 31.2. The van der Waals surface area contributed by atoms with Crippen LogP contribution in [0.1, 0.15) is 142 Å². The molecule has 0 bridgehead atoms. The normalized spacial score (nSPS) is 20.5. The Morgan fingerprint density at radius 1 is 0.726 bits per heavy atom. The summed E-state index contributed by atoms with van der Waals surface area (Å²) in [5.74, 6) is -2.15. The van der Waals surface area contributed by atoms with Gasteiger partial charge in [-0.05, 0) is 64.2 Å². The lowest BCUT2D eigenvalue weighted by molar-refractivity contribution is -0.870. The van der Waals surface area contributed by atoms with Crippen LogP contribution in [-0.4, -0.2) is 114 Å². The summed E-state index contributed by atoms with van der Waals surface area (Å²) in [5, 5.41) is 31.4. The van der Waals surface area contributed by atoms with Crippen LogP contribution in [-0.2, 0) is 37.5 Å². The van der Waals surface area contributed by atoms with Gasteiger partial charge in [0.25, 0.3) is 0 Å². The Hall–Kier alpha value is -2.74. The molecule has 0 aliphatic heterocycles. The van der Waals surface area contributed by atoms with E-state index in [1.807, 2.05) is 33.3 Å². The number of carbonyl (C=O) groups excluding carboxylic acids is 3. The van der Waals surface area contributed by atoms with Crippen molar-refractivity contribution in [2.24, 2.45) is 11.8 Å². The molecule has 1 aliphatic carbocycles. The second-order valence-electron chi connectivity index (χ2n) is 17.4. The molecule has 0 heterocycles. The van der Waals surface area contributed by atoms with E-state index in [1.54, 1.807) is 12.2 Å². The molecule has 7 atom stereocenters. The zero-order chi connectivity index (χ0) is 46.1. The van der Waals surface area contributed by atoms with Crippen molar-refractivity contribution < 1.29 is 62.2 Å². The predicted octanol–water partition coefficient (Wildman–Crippen LogP) is 8.80. The Morgan fingerprint density at radius 3 is 1.94 bits per heavy atom. The number of phosphoric ester groups is 1. The lowest BCUT2D eigenvalue weighted by Gasteiger charge is -2.24. The fourth-order valence-corrected chi connectivity index (χ4v) is 7.51. The molecule has 62 heavy (non-hydrogen) atoms. The lowest BCUT2D eigenvalue weighted by atomic mass is 9.87. The monoisotopic (exact) mass is 897 g/mol. The number of hydrogen-bond donors (Lipinski definition) is 4. The molecule has 0 aromatic heterocycles. The molecule has 1 fully saturated rings. The maximum absolute atomic E-state index is 12.9. The van der Waals surface area contributed by atoms with Crippen LogP contribution in [0.2, 0.25) is 0 Å². The van der Waals surface area contributed by atoms with E-state index in [2.05, 4.69) is 50.3 Å². The number of aliphatic hydroxyl groups excluding tert-OH is 3. The van der Waals surface area contributed by atoms with Gasteiger partial charge in [-0.3, -0.25) is 23.4 Å². The number of carbonyl (C=O) groups is 3. The number of likely N-dealkylation sites (N-methyl/N-ethyl adjacent to an activating group) is 1. The van der Waals surface area contributed by atoms with Crippen molar-refractivity contribution in [1.82, 2.24) is 0 Å². The third-order valence-corrected chi connectivity index (χ3v) is 11.5. The summed E-state index contributed by atoms with van der Waals surface area (Å²) in [5.41, 5.74) is 0. The number of ketones is 1. The smallest absolute Gasteiger partial charge is 0.462 e. The number of unbranched alkanes of at least 4 members (excludes halogenated alkanes) is 7. The van der Waals surface area contributed by atoms with Crippen molar-refractivity contribution in [2.75, 3.05) is 47.5 Å². The number of quaternary nitrogens is 1. The number of esters is 2. The van der Waals surface area contributed by atoms with E-state index in [4.69, 9.17) is 18.5 Å². The zero-order valence-electron chi connectivity index (χ0n) is 38.7. The van der Waals surface area contributed by atoms with Gasteiger partial charge in [0.15, 0.2) is 6.10 Å². The largest absolute Gasteiger partial charge is 0.472 e. The van der Waals surface area contributed by atoms with Crippen molar-refractivity contribution in [1.29, 1.82) is 0 Å². The van der Waals surface area contributed by atoms with Gasteiger partial charge in [-0.15, -0.1) is 0 Å². The van der Waals surface area contributed by atoms with Crippen LogP contribution in [0.3, 0.4) is 0 Å². The molecule has 0 aromatic carbocycles. The van der Waals surface area contributed by atoms with Crippen molar-refractivity contribution in [3.63, 3.8) is 0 Å². The van der Waals surface area contributed by atoms with E-state index >= 15 is 0 Å². The van der Waals surface area contributed by atoms with E-state index in [0.29, 0.717) is 43.1 Å². The highest BCUT2D eigenvalue weighted by Gasteiger charge is 2.41. The van der Waals surface area contributed by atoms with Crippen LogP contribution in [0.4, 0.5) is 0 Å². The molecule has 1 unspecified atom stereocenters. The van der Waals surface area contributed by atoms with E-state index < -0.39 is 69.2 Å². The number of phosphoric acid groups is 1. The average Bonchev–Trinajstić information content (AvgIpc) is 3.47. The summed E-state index contributed by atoms with van der Waals surface area (Å²) >= 11 is 0. The van der Waals surface area contributed by atoms with E-state index in [0.717, 1.165) is 44.9 Å². The fraction of sp³-hybridized carbons (Fsp3) is 0.729. The summed E-state index contributed by atoms with van der Waals surface area (Å²) < 4.78 is 34.1. The fourth-order valence-electron chi connectivity index (χ4n) is 6.77. The Labute approximate surface area is 373 Å². The number of ether oxygens (including phenoxy) is 2. The number of hydrogen-bond acceptors (Lipinski definition) is 11. The first kappa shape index (κ1) is 57.3. The first-order chi connectivity index (χ1) is 29.6. The van der Waals surface area contributed by atoms with E-state index in [1.165, 1.54) is 19.3 Å². The van der Waals surface area contributed by atoms with Gasteiger partial charge >= 0.3 is 19.8 Å². The Bertz CT molecular complexity index is 1420. The minimum Gasteiger partial charge on any atom is -0.462 e. The predicted molar refractivity (Wildman–Crippen MR) is 245 cm³/mol. The van der Waals surface area contributed by atoms with E-state index in [9.17, 15) is 39.2 Å². The van der Waals surface area contributed by atoms with Crippen LogP contribution in [0.25, 0.3) is 0 Å². The highest BCUT2D eigenvalue weighted by molar-refractivity contribution is 7.47. The van der Waals surface area contributed by atoms with Gasteiger partial charge in [0.1, 0.15) is 25.5 Å². The summed E-state index contributed by atoms with van der Waals surface area (Å²) in [6.07, 6.45) is 30.5. The number of Topliss-reactive ketones (excluding diaryl/α,β-unsaturated/α-hetero) is 1. The standard InChI is InChI=1S/C48H82NO12P/c1-6-8-10-11-12-13-14-15-16-17-18-19-20-21-22-23-25-31-48(55)61-42(39-60-62(56,57)59-35-34-49(3,4)5)38-58-47(54)30-27-26-29-41(51)36-44-43(45(52)37-46(44)53)33-32-40(50)28-24-9-7-2/h12-13,15-16,18-19,21-22,32-33,40,42-46,50,52-53H,6-11,14,17,20,23-31,34-39H2,1-5H3/p+1/b13-12-,16-15-,19-18-,22-21-,33-32+/t40-,42+,43+,44+,45+,46-/m0/s1. The molecule has 0 radical (unpaired) electrons. The van der Waals surface area contributed by atoms with Gasteiger partial charge < -0.3 is 34.2 Å². The third-order valence-electron chi connectivity index (χ3n) is 10.5. The first-order valence-corrected chi connectivity index (χ1v) is 24.7. The molecule has 4 N–H and O–H groups in total. The van der Waals surface area contributed by atoms with E-state index in [-0.39, 0.29) is 44.5 Å². The molecule has 0 amide bonds. The van der Waals surface area contributed by atoms with Gasteiger partial charge in [0, 0.05) is 43.9 Å². The lowest BCUT2D eigenvalue weighted by Crippen LogP contribution is -2.37. The van der Waals surface area contributed by atoms with Crippen molar-refractivity contribution in [2.45, 2.75) is 167 Å². The van der Waals surface area contributed by atoms with Crippen LogP contribution in [0.5, 0.6) is 0 Å². The number of rotatable bonds is 37. The summed E-state index contributed by atoms with van der Waals surface area (Å²) in [7, 11) is 1.23. The SMILES string of the molecule is CCCCC/C=C\C/C=C\C/C=C\C/C=C\CCCC(=O)O[C@H](COC(=O)CCCCC(=O)C[C@@H]1[C@@H](/C=C/[C@@H](O)CCCCC)[C@H](O)C[C@@H]1O)COP(=O)(O)OCC[N+](C)(C)C. The van der Waals surface area contributed by atoms with Crippen molar-refractivity contribution in [3.8, 4) is 0 Å².